The zero-order valence-corrected chi connectivity index (χ0v) is 16.6. The number of rotatable bonds is 4. The summed E-state index contributed by atoms with van der Waals surface area (Å²) in [6.07, 6.45) is 3.59. The summed E-state index contributed by atoms with van der Waals surface area (Å²) in [5.74, 6) is -1.41. The van der Waals surface area contributed by atoms with Crippen LogP contribution in [0, 0.1) is 13.8 Å². The quantitative estimate of drug-likeness (QED) is 0.767. The first kappa shape index (κ1) is 19.8. The van der Waals surface area contributed by atoms with E-state index in [1.54, 1.807) is 17.2 Å². The molecule has 1 atom stereocenters. The molecule has 2 heterocycles. The fraction of sp³-hybridized carbons (Fsp3) is 0.316. The molecule has 0 saturated carbocycles. The van der Waals surface area contributed by atoms with Crippen LogP contribution in [0.2, 0.25) is 0 Å². The van der Waals surface area contributed by atoms with Crippen LogP contribution < -0.4 is 5.32 Å². The Labute approximate surface area is 163 Å². The van der Waals surface area contributed by atoms with Crippen LogP contribution in [0.1, 0.15) is 18.1 Å². The van der Waals surface area contributed by atoms with E-state index in [1.165, 1.54) is 13.0 Å². The lowest BCUT2D eigenvalue weighted by Gasteiger charge is -2.28. The van der Waals surface area contributed by atoms with Gasteiger partial charge in [0, 0.05) is 18.4 Å². The van der Waals surface area contributed by atoms with Crippen molar-refractivity contribution >= 4 is 33.4 Å². The molecule has 1 aromatic carbocycles. The maximum atomic E-state index is 12.5. The molecule has 0 spiro atoms. The molecule has 2 aliphatic rings. The highest BCUT2D eigenvalue weighted by atomic mass is 32.2. The first-order valence-electron chi connectivity index (χ1n) is 8.73. The number of esters is 1. The van der Waals surface area contributed by atoms with Crippen LogP contribution in [0.3, 0.4) is 0 Å². The number of fused-ring (bicyclic) bond motifs is 1. The third-order valence-electron chi connectivity index (χ3n) is 4.38. The van der Waals surface area contributed by atoms with Gasteiger partial charge in [0.2, 0.25) is 0 Å². The molecule has 1 aromatic rings. The Morgan fingerprint density at radius 2 is 2.04 bits per heavy atom. The first-order chi connectivity index (χ1) is 13.2. The average Bonchev–Trinajstić information content (AvgIpc) is 2.63. The maximum Gasteiger partial charge on any atom is 0.342 e. The number of amidine groups is 1. The van der Waals surface area contributed by atoms with Crippen LogP contribution in [0.4, 0.5) is 5.69 Å². The van der Waals surface area contributed by atoms with Crippen LogP contribution in [0.25, 0.3) is 0 Å². The van der Waals surface area contributed by atoms with E-state index < -0.39 is 28.0 Å². The van der Waals surface area contributed by atoms with Crippen molar-refractivity contribution in [1.82, 2.24) is 4.90 Å². The Hall–Kier alpha value is -2.94. The molecular weight excluding hydrogens is 382 g/mol. The van der Waals surface area contributed by atoms with Crippen molar-refractivity contribution in [2.24, 2.45) is 4.40 Å². The second-order valence-corrected chi connectivity index (χ2v) is 8.43. The highest BCUT2D eigenvalue weighted by molar-refractivity contribution is 7.90. The van der Waals surface area contributed by atoms with E-state index >= 15 is 0 Å². The molecule has 0 aliphatic carbocycles. The van der Waals surface area contributed by atoms with Crippen molar-refractivity contribution in [2.75, 3.05) is 17.6 Å². The third kappa shape index (κ3) is 4.30. The van der Waals surface area contributed by atoms with Gasteiger partial charge in [0.25, 0.3) is 15.9 Å². The maximum absolute atomic E-state index is 12.5. The van der Waals surface area contributed by atoms with Crippen molar-refractivity contribution in [2.45, 2.75) is 26.9 Å². The third-order valence-corrected chi connectivity index (χ3v) is 5.53. The topological polar surface area (TPSA) is 105 Å². The summed E-state index contributed by atoms with van der Waals surface area (Å²) in [4.78, 5) is 26.5. The van der Waals surface area contributed by atoms with E-state index in [-0.39, 0.29) is 23.7 Å². The smallest absolute Gasteiger partial charge is 0.342 e. The minimum absolute atomic E-state index is 0.00263. The number of nitrogens with one attached hydrogen (secondary N) is 1. The van der Waals surface area contributed by atoms with Crippen LogP contribution >= 0.6 is 0 Å². The Balaban J connectivity index is 1.72. The summed E-state index contributed by atoms with van der Waals surface area (Å²) in [7, 11) is -3.63. The zero-order valence-electron chi connectivity index (χ0n) is 15.8. The number of nitrogens with zero attached hydrogens (tertiary/aromatic N) is 2. The van der Waals surface area contributed by atoms with Gasteiger partial charge < -0.3 is 15.0 Å². The molecule has 0 radical (unpaired) electrons. The number of carbonyl (C=O) groups excluding carboxylic acids is 2. The molecule has 148 valence electrons. The van der Waals surface area contributed by atoms with Crippen molar-refractivity contribution < 1.29 is 22.7 Å². The lowest BCUT2D eigenvalue weighted by Crippen LogP contribution is -2.41. The molecule has 28 heavy (non-hydrogen) atoms. The number of hydrogen-bond acceptors (Lipinski definition) is 6. The van der Waals surface area contributed by atoms with Crippen molar-refractivity contribution in [1.29, 1.82) is 0 Å². The predicted octanol–water partition coefficient (Wildman–Crippen LogP) is 1.67. The van der Waals surface area contributed by atoms with Gasteiger partial charge >= 0.3 is 5.97 Å². The Bertz CT molecular complexity index is 1020. The second kappa shape index (κ2) is 7.59. The molecule has 0 unspecified atom stereocenters. The van der Waals surface area contributed by atoms with Crippen LogP contribution in [0.15, 0.2) is 46.5 Å². The number of ether oxygens (including phenoxy) is 1. The Morgan fingerprint density at radius 3 is 2.79 bits per heavy atom. The summed E-state index contributed by atoms with van der Waals surface area (Å²) < 4.78 is 32.5. The number of allylic oxidation sites excluding steroid dienone is 2. The van der Waals surface area contributed by atoms with Crippen molar-refractivity contribution in [3.8, 4) is 0 Å². The van der Waals surface area contributed by atoms with Gasteiger partial charge in [0.15, 0.2) is 11.9 Å². The van der Waals surface area contributed by atoms with Gasteiger partial charge in [-0.2, -0.15) is 0 Å². The summed E-state index contributed by atoms with van der Waals surface area (Å²) in [5.41, 5.74) is 2.51. The largest absolute Gasteiger partial charge is 0.449 e. The standard InChI is InChI=1S/C19H21N3O5S/c1-12-6-7-13(2)16(11-12)20-18(23)14(3)27-19(24)15-5-4-8-22-9-10-28(25,26)21-17(15)22/h4-8,11,14H,9-10H2,1-3H3,(H,20,23)/t14-/m1/s1. The summed E-state index contributed by atoms with van der Waals surface area (Å²) in [5, 5.41) is 2.74. The van der Waals surface area contributed by atoms with Gasteiger partial charge in [0.1, 0.15) is 5.57 Å². The minimum atomic E-state index is -3.63. The van der Waals surface area contributed by atoms with E-state index in [9.17, 15) is 18.0 Å². The number of anilines is 1. The molecule has 0 saturated heterocycles. The summed E-state index contributed by atoms with van der Waals surface area (Å²) in [6.45, 7) is 5.42. The summed E-state index contributed by atoms with van der Waals surface area (Å²) >= 11 is 0. The lowest BCUT2D eigenvalue weighted by atomic mass is 10.1. The van der Waals surface area contributed by atoms with Crippen molar-refractivity contribution in [3.63, 3.8) is 0 Å². The SMILES string of the molecule is Cc1ccc(C)c(NC(=O)[C@@H](C)OC(=O)C2=CC=CN3CCS(=O)(=O)N=C23)c1. The highest BCUT2D eigenvalue weighted by Crippen LogP contribution is 2.20. The second-order valence-electron chi connectivity index (χ2n) is 6.67. The molecule has 0 fully saturated rings. The van der Waals surface area contributed by atoms with Crippen molar-refractivity contribution in [3.05, 3.63) is 53.3 Å². The molecule has 0 aromatic heterocycles. The van der Waals surface area contributed by atoms with Crippen LogP contribution in [-0.4, -0.2) is 49.4 Å². The van der Waals surface area contributed by atoms with Crippen LogP contribution in [-0.2, 0) is 24.3 Å². The fourth-order valence-corrected chi connectivity index (χ4v) is 3.74. The molecule has 1 amide bonds. The van der Waals surface area contributed by atoms with E-state index in [0.717, 1.165) is 11.1 Å². The van der Waals surface area contributed by atoms with E-state index in [2.05, 4.69) is 9.71 Å². The molecule has 1 N–H and O–H groups in total. The van der Waals surface area contributed by atoms with Gasteiger partial charge in [-0.15, -0.1) is 4.40 Å². The Morgan fingerprint density at radius 1 is 1.29 bits per heavy atom. The van der Waals surface area contributed by atoms with Crippen LogP contribution in [0.5, 0.6) is 0 Å². The van der Waals surface area contributed by atoms with E-state index in [0.29, 0.717) is 5.69 Å². The zero-order chi connectivity index (χ0) is 20.5. The molecule has 8 nitrogen and oxygen atoms in total. The normalized spacial score (nSPS) is 18.5. The number of sulfonamides is 1. The Kier molecular flexibility index (Phi) is 5.37. The fourth-order valence-electron chi connectivity index (χ4n) is 2.76. The highest BCUT2D eigenvalue weighted by Gasteiger charge is 2.32. The molecule has 0 bridgehead atoms. The number of benzene rings is 1. The number of amides is 1. The minimum Gasteiger partial charge on any atom is -0.449 e. The summed E-state index contributed by atoms with van der Waals surface area (Å²) in [6, 6.07) is 5.65. The van der Waals surface area contributed by atoms with E-state index in [4.69, 9.17) is 4.74 Å². The van der Waals surface area contributed by atoms with Gasteiger partial charge in [-0.1, -0.05) is 12.1 Å². The monoisotopic (exact) mass is 403 g/mol. The molecular formula is C19H21N3O5S. The van der Waals surface area contributed by atoms with E-state index in [1.807, 2.05) is 32.0 Å². The number of hydrogen-bond donors (Lipinski definition) is 1. The van der Waals surface area contributed by atoms with Gasteiger partial charge in [-0.25, -0.2) is 13.2 Å². The van der Waals surface area contributed by atoms with Gasteiger partial charge in [0.05, 0.1) is 5.75 Å². The molecule has 3 rings (SSSR count). The predicted molar refractivity (Wildman–Crippen MR) is 105 cm³/mol. The first-order valence-corrected chi connectivity index (χ1v) is 10.3. The number of carbonyl (C=O) groups is 2. The lowest BCUT2D eigenvalue weighted by molar-refractivity contribution is -0.148. The molecule has 9 heteroatoms. The number of aryl methyl sites for hydroxylation is 2. The van der Waals surface area contributed by atoms with Gasteiger partial charge in [-0.3, -0.25) is 4.79 Å². The molecule has 2 aliphatic heterocycles. The average molecular weight is 403 g/mol. The van der Waals surface area contributed by atoms with Gasteiger partial charge in [-0.05, 0) is 50.1 Å².